The third-order valence-electron chi connectivity index (χ3n) is 3.32. The smallest absolute Gasteiger partial charge is 0.402 e. The van der Waals surface area contributed by atoms with Crippen LogP contribution in [0.1, 0.15) is 45.7 Å². The molecule has 23 heavy (non-hydrogen) atoms. The fraction of sp³-hybridized carbons (Fsp3) is 0.412. The largest absolute Gasteiger partial charge is 0.416 e. The predicted molar refractivity (Wildman–Crippen MR) is 89.1 cm³/mol. The second kappa shape index (κ2) is 9.12. The quantitative estimate of drug-likeness (QED) is 0.723. The standard InChI is InChI=1S/C15H20F3N3.C2H6/c1-9(11(3)19)10(2)14(20)21-8-12-4-6-13(7-5-12)15(16,17)18;1-2/h4-7,21H,8,19-20H2,1-3H3;1-2H3/b11-9-,14-10+;. The van der Waals surface area contributed by atoms with Crippen molar-refractivity contribution in [2.45, 2.75) is 47.3 Å². The molecule has 0 amide bonds. The molecule has 0 radical (unpaired) electrons. The summed E-state index contributed by atoms with van der Waals surface area (Å²) in [7, 11) is 0. The highest BCUT2D eigenvalue weighted by atomic mass is 19.4. The van der Waals surface area contributed by atoms with Gasteiger partial charge in [-0.25, -0.2) is 0 Å². The molecule has 0 aliphatic carbocycles. The molecule has 0 aliphatic heterocycles. The van der Waals surface area contributed by atoms with E-state index in [0.29, 0.717) is 23.6 Å². The van der Waals surface area contributed by atoms with Gasteiger partial charge in [-0.1, -0.05) is 26.0 Å². The average Bonchev–Trinajstić information content (AvgIpc) is 2.52. The van der Waals surface area contributed by atoms with Gasteiger partial charge >= 0.3 is 6.18 Å². The van der Waals surface area contributed by atoms with Crippen molar-refractivity contribution < 1.29 is 13.2 Å². The molecule has 0 fully saturated rings. The molecule has 130 valence electrons. The molecule has 6 heteroatoms. The molecular formula is C17H26F3N3. The minimum Gasteiger partial charge on any atom is -0.402 e. The van der Waals surface area contributed by atoms with Crippen LogP contribution in [0.3, 0.4) is 0 Å². The van der Waals surface area contributed by atoms with E-state index in [-0.39, 0.29) is 0 Å². The van der Waals surface area contributed by atoms with Crippen LogP contribution in [0.15, 0.2) is 46.9 Å². The van der Waals surface area contributed by atoms with E-state index in [9.17, 15) is 13.2 Å². The molecule has 5 N–H and O–H groups in total. The maximum Gasteiger partial charge on any atom is 0.416 e. The second-order valence-corrected chi connectivity index (χ2v) is 4.89. The molecule has 0 saturated heterocycles. The number of benzene rings is 1. The number of hydrogen-bond donors (Lipinski definition) is 3. The fourth-order valence-corrected chi connectivity index (χ4v) is 1.64. The van der Waals surface area contributed by atoms with Crippen LogP contribution in [0.2, 0.25) is 0 Å². The lowest BCUT2D eigenvalue weighted by molar-refractivity contribution is -0.137. The molecule has 0 bridgehead atoms. The van der Waals surface area contributed by atoms with Crippen molar-refractivity contribution >= 4 is 0 Å². The van der Waals surface area contributed by atoms with Crippen molar-refractivity contribution in [2.24, 2.45) is 11.5 Å². The highest BCUT2D eigenvalue weighted by Gasteiger charge is 2.29. The molecule has 0 saturated carbocycles. The van der Waals surface area contributed by atoms with Crippen LogP contribution in [0.5, 0.6) is 0 Å². The number of rotatable bonds is 4. The Balaban J connectivity index is 0.00000232. The highest BCUT2D eigenvalue weighted by molar-refractivity contribution is 5.33. The van der Waals surface area contributed by atoms with Crippen LogP contribution in [0.4, 0.5) is 13.2 Å². The van der Waals surface area contributed by atoms with Crippen molar-refractivity contribution in [2.75, 3.05) is 0 Å². The van der Waals surface area contributed by atoms with Crippen molar-refractivity contribution in [3.05, 3.63) is 58.1 Å². The van der Waals surface area contributed by atoms with Crippen LogP contribution in [0.25, 0.3) is 0 Å². The van der Waals surface area contributed by atoms with Crippen LogP contribution in [-0.2, 0) is 12.7 Å². The topological polar surface area (TPSA) is 64.1 Å². The summed E-state index contributed by atoms with van der Waals surface area (Å²) in [5, 5.41) is 2.98. The van der Waals surface area contributed by atoms with Crippen molar-refractivity contribution in [3.63, 3.8) is 0 Å². The Hall–Kier alpha value is -2.11. The van der Waals surface area contributed by atoms with Gasteiger partial charge < -0.3 is 16.8 Å². The zero-order chi connectivity index (χ0) is 18.2. The molecule has 1 aromatic rings. The van der Waals surface area contributed by atoms with Crippen LogP contribution >= 0.6 is 0 Å². The highest BCUT2D eigenvalue weighted by Crippen LogP contribution is 2.29. The van der Waals surface area contributed by atoms with Gasteiger partial charge in [-0.15, -0.1) is 0 Å². The van der Waals surface area contributed by atoms with E-state index in [1.807, 2.05) is 27.7 Å². The van der Waals surface area contributed by atoms with E-state index in [4.69, 9.17) is 11.5 Å². The van der Waals surface area contributed by atoms with Crippen molar-refractivity contribution in [1.82, 2.24) is 5.32 Å². The fourth-order valence-electron chi connectivity index (χ4n) is 1.64. The summed E-state index contributed by atoms with van der Waals surface area (Å²) in [6.07, 6.45) is -4.32. The van der Waals surface area contributed by atoms with Gasteiger partial charge in [0.05, 0.1) is 11.4 Å². The molecule has 0 aliphatic rings. The van der Waals surface area contributed by atoms with Crippen LogP contribution in [-0.4, -0.2) is 0 Å². The Morgan fingerprint density at radius 2 is 1.43 bits per heavy atom. The Morgan fingerprint density at radius 3 is 1.83 bits per heavy atom. The maximum atomic E-state index is 12.4. The van der Waals surface area contributed by atoms with Gasteiger partial charge in [-0.3, -0.25) is 0 Å². The van der Waals surface area contributed by atoms with Gasteiger partial charge in [0.25, 0.3) is 0 Å². The molecule has 3 nitrogen and oxygen atoms in total. The Bertz CT molecular complexity index is 551. The zero-order valence-corrected chi connectivity index (χ0v) is 14.3. The lowest BCUT2D eigenvalue weighted by Gasteiger charge is -2.13. The normalized spacial score (nSPS) is 13.4. The molecule has 0 atom stereocenters. The average molecular weight is 329 g/mol. The van der Waals surface area contributed by atoms with Gasteiger partial charge in [-0.05, 0) is 49.6 Å². The summed E-state index contributed by atoms with van der Waals surface area (Å²) in [5.74, 6) is 0.456. The first kappa shape index (κ1) is 20.9. The van der Waals surface area contributed by atoms with Gasteiger partial charge in [0, 0.05) is 12.2 Å². The Morgan fingerprint density at radius 1 is 0.957 bits per heavy atom. The van der Waals surface area contributed by atoms with Crippen molar-refractivity contribution in [1.29, 1.82) is 0 Å². The molecule has 0 aromatic heterocycles. The van der Waals surface area contributed by atoms with E-state index >= 15 is 0 Å². The van der Waals surface area contributed by atoms with E-state index in [1.54, 1.807) is 6.92 Å². The number of hydrogen-bond acceptors (Lipinski definition) is 3. The van der Waals surface area contributed by atoms with Crippen LogP contribution in [0, 0.1) is 0 Å². The molecule has 1 aromatic carbocycles. The first-order valence-corrected chi connectivity index (χ1v) is 7.42. The molecular weight excluding hydrogens is 303 g/mol. The third kappa shape index (κ3) is 6.67. The predicted octanol–water partition coefficient (Wildman–Crippen LogP) is 4.26. The lowest BCUT2D eigenvalue weighted by Crippen LogP contribution is -2.22. The molecule has 0 unspecified atom stereocenters. The van der Waals surface area contributed by atoms with Gasteiger partial charge in [0.1, 0.15) is 0 Å². The SMILES string of the molecule is C/C(N)=C(C)/C(C)=C(\N)NCc1ccc(C(F)(F)F)cc1.CC. The van der Waals surface area contributed by atoms with E-state index in [0.717, 1.165) is 23.3 Å². The Labute approximate surface area is 136 Å². The lowest BCUT2D eigenvalue weighted by atomic mass is 10.1. The summed E-state index contributed by atoms with van der Waals surface area (Å²) in [5.41, 5.74) is 14.0. The molecule has 0 heterocycles. The van der Waals surface area contributed by atoms with E-state index < -0.39 is 11.7 Å². The van der Waals surface area contributed by atoms with Gasteiger partial charge in [0.2, 0.25) is 0 Å². The monoisotopic (exact) mass is 329 g/mol. The summed E-state index contributed by atoms with van der Waals surface area (Å²) < 4.78 is 37.3. The summed E-state index contributed by atoms with van der Waals surface area (Å²) in [4.78, 5) is 0. The van der Waals surface area contributed by atoms with Gasteiger partial charge in [-0.2, -0.15) is 13.2 Å². The Kier molecular flexibility index (Phi) is 8.29. The minimum atomic E-state index is -4.32. The molecule has 0 spiro atoms. The summed E-state index contributed by atoms with van der Waals surface area (Å²) >= 11 is 0. The number of nitrogens with two attached hydrogens (primary N) is 2. The first-order chi connectivity index (χ1) is 10.6. The van der Waals surface area contributed by atoms with Crippen molar-refractivity contribution in [3.8, 4) is 0 Å². The zero-order valence-electron chi connectivity index (χ0n) is 14.3. The number of allylic oxidation sites excluding steroid dienone is 3. The number of halogens is 3. The van der Waals surface area contributed by atoms with Crippen LogP contribution < -0.4 is 16.8 Å². The maximum absolute atomic E-state index is 12.4. The number of nitrogens with one attached hydrogen (secondary N) is 1. The summed E-state index contributed by atoms with van der Waals surface area (Å²) in [6, 6.07) is 4.96. The van der Waals surface area contributed by atoms with Gasteiger partial charge in [0.15, 0.2) is 0 Å². The van der Waals surface area contributed by atoms with E-state index in [1.165, 1.54) is 12.1 Å². The van der Waals surface area contributed by atoms with E-state index in [2.05, 4.69) is 5.32 Å². The second-order valence-electron chi connectivity index (χ2n) is 4.89. The minimum absolute atomic E-state index is 0.345. The third-order valence-corrected chi connectivity index (χ3v) is 3.32. The first-order valence-electron chi connectivity index (χ1n) is 7.42. The molecule has 1 rings (SSSR count). The summed E-state index contributed by atoms with van der Waals surface area (Å²) in [6.45, 7) is 9.82. The number of alkyl halides is 3.